The van der Waals surface area contributed by atoms with Gasteiger partial charge in [-0.2, -0.15) is 0 Å². The van der Waals surface area contributed by atoms with E-state index in [1.54, 1.807) is 19.2 Å². The summed E-state index contributed by atoms with van der Waals surface area (Å²) in [6.45, 7) is 0.996. The molecule has 0 radical (unpaired) electrons. The van der Waals surface area contributed by atoms with Crippen molar-refractivity contribution < 1.29 is 27.2 Å². The first-order valence-corrected chi connectivity index (χ1v) is 15.9. The number of piperidine rings is 1. The fourth-order valence-electron chi connectivity index (χ4n) is 4.13. The Labute approximate surface area is 252 Å². The van der Waals surface area contributed by atoms with Crippen LogP contribution in [0.15, 0.2) is 35.7 Å². The number of rotatable bonds is 13. The zero-order chi connectivity index (χ0) is 30.2. The predicted octanol–water partition coefficient (Wildman–Crippen LogP) is 3.72. The third kappa shape index (κ3) is 9.48. The molecule has 2 heterocycles. The van der Waals surface area contributed by atoms with Crippen LogP contribution in [0.3, 0.4) is 0 Å². The molecule has 0 bridgehead atoms. The molecule has 0 unspecified atom stereocenters. The number of unbranched alkanes of at least 4 members (excludes halogenated alkanes) is 2. The number of carbonyl (C=O) groups excluding carboxylic acids is 3. The van der Waals surface area contributed by atoms with Crippen LogP contribution in [0.5, 0.6) is 0 Å². The third-order valence-corrected chi connectivity index (χ3v) is 9.30. The standard InChI is InChI=1S/C26H32Cl2FN5O5S2/c1-32(13-4-2-3-12-31-25(36)18-7-9-21(29)20(27)16-18)24(35)17-33-14-5-6-22(26(33)37)34(30)41(38,39)15-11-19-8-10-23(28)40-19/h7-11,15-16,22H,2-6,12-14,17,30H2,1H3,(H,31,36)/b15-11+/t22-/m0/s1. The second-order valence-electron chi connectivity index (χ2n) is 9.50. The molecule has 1 aliphatic rings. The van der Waals surface area contributed by atoms with Gasteiger partial charge in [-0.1, -0.05) is 23.2 Å². The number of likely N-dealkylation sites (tertiary alicyclic amines) is 1. The van der Waals surface area contributed by atoms with Gasteiger partial charge in [0.25, 0.3) is 5.91 Å². The summed E-state index contributed by atoms with van der Waals surface area (Å²) in [4.78, 5) is 41.4. The van der Waals surface area contributed by atoms with Crippen molar-refractivity contribution in [1.82, 2.24) is 19.5 Å². The van der Waals surface area contributed by atoms with E-state index in [1.165, 1.54) is 39.3 Å². The number of hydrogen-bond donors (Lipinski definition) is 2. The first kappa shape index (κ1) is 33.0. The number of halogens is 3. The van der Waals surface area contributed by atoms with Crippen LogP contribution in [0.1, 0.15) is 47.3 Å². The number of sulfonamides is 1. The highest BCUT2D eigenvalue weighted by atomic mass is 35.5. The summed E-state index contributed by atoms with van der Waals surface area (Å²) in [5.74, 6) is 4.15. The first-order chi connectivity index (χ1) is 19.4. The zero-order valence-corrected chi connectivity index (χ0v) is 25.5. The van der Waals surface area contributed by atoms with Crippen molar-refractivity contribution in [2.45, 2.75) is 38.1 Å². The van der Waals surface area contributed by atoms with Gasteiger partial charge in [-0.25, -0.2) is 12.8 Å². The molecule has 1 atom stereocenters. The van der Waals surface area contributed by atoms with Crippen LogP contribution >= 0.6 is 34.5 Å². The highest BCUT2D eigenvalue weighted by Gasteiger charge is 2.37. The number of carbonyl (C=O) groups is 3. The summed E-state index contributed by atoms with van der Waals surface area (Å²) in [5.41, 5.74) is 0.270. The topological polar surface area (TPSA) is 133 Å². The Balaban J connectivity index is 1.40. The molecule has 1 fully saturated rings. The summed E-state index contributed by atoms with van der Waals surface area (Å²) in [5, 5.41) is 3.56. The minimum atomic E-state index is -4.09. The fourth-order valence-corrected chi connectivity index (χ4v) is 6.37. The molecular weight excluding hydrogens is 616 g/mol. The second kappa shape index (κ2) is 15.1. The SMILES string of the molecule is CN(CCCCCNC(=O)c1ccc(F)c(Cl)c1)C(=O)CN1CCC[C@H](N(N)S(=O)(=O)/C=C/c2ccc(Cl)s2)C1=O. The molecule has 3 amide bonds. The van der Waals surface area contributed by atoms with Gasteiger partial charge in [0.05, 0.1) is 15.9 Å². The molecule has 1 saturated heterocycles. The van der Waals surface area contributed by atoms with Gasteiger partial charge in [-0.05, 0) is 68.5 Å². The van der Waals surface area contributed by atoms with Gasteiger partial charge in [-0.3, -0.25) is 20.2 Å². The van der Waals surface area contributed by atoms with E-state index < -0.39 is 27.8 Å². The van der Waals surface area contributed by atoms with Crippen molar-refractivity contribution in [3.8, 4) is 0 Å². The Hall–Kier alpha value is -2.55. The molecule has 1 aliphatic heterocycles. The van der Waals surface area contributed by atoms with Crippen LogP contribution in [0, 0.1) is 5.82 Å². The largest absolute Gasteiger partial charge is 0.352 e. The van der Waals surface area contributed by atoms with Crippen molar-refractivity contribution >= 4 is 68.4 Å². The lowest BCUT2D eigenvalue weighted by molar-refractivity contribution is -0.144. The Morgan fingerprint density at radius 3 is 2.66 bits per heavy atom. The van der Waals surface area contributed by atoms with E-state index in [0.29, 0.717) is 52.5 Å². The molecule has 2 aromatic rings. The molecule has 0 saturated carbocycles. The first-order valence-electron chi connectivity index (χ1n) is 12.9. The summed E-state index contributed by atoms with van der Waals surface area (Å²) >= 11 is 12.8. The van der Waals surface area contributed by atoms with Crippen LogP contribution in [0.2, 0.25) is 9.36 Å². The molecule has 0 aliphatic carbocycles. The minimum Gasteiger partial charge on any atom is -0.352 e. The van der Waals surface area contributed by atoms with E-state index in [2.05, 4.69) is 5.32 Å². The number of thiophene rings is 1. The molecule has 3 N–H and O–H groups in total. The number of nitrogens with zero attached hydrogens (tertiary/aromatic N) is 3. The Morgan fingerprint density at radius 2 is 1.98 bits per heavy atom. The lowest BCUT2D eigenvalue weighted by atomic mass is 10.1. The molecule has 15 heteroatoms. The average molecular weight is 649 g/mol. The molecule has 1 aromatic heterocycles. The quantitative estimate of drug-likeness (QED) is 0.193. The van der Waals surface area contributed by atoms with Crippen LogP contribution in [-0.2, 0) is 19.6 Å². The number of hydrogen-bond acceptors (Lipinski definition) is 7. The molecule has 224 valence electrons. The monoisotopic (exact) mass is 647 g/mol. The minimum absolute atomic E-state index is 0.120. The van der Waals surface area contributed by atoms with Gasteiger partial charge >= 0.3 is 0 Å². The fraction of sp³-hybridized carbons (Fsp3) is 0.423. The lowest BCUT2D eigenvalue weighted by Crippen LogP contribution is -2.57. The number of amides is 3. The van der Waals surface area contributed by atoms with Crippen LogP contribution in [0.4, 0.5) is 4.39 Å². The summed E-state index contributed by atoms with van der Waals surface area (Å²) in [6, 6.07) is 5.97. The number of nitrogens with two attached hydrogens (primary N) is 1. The normalized spacial score (nSPS) is 16.0. The molecule has 41 heavy (non-hydrogen) atoms. The zero-order valence-electron chi connectivity index (χ0n) is 22.4. The maximum absolute atomic E-state index is 13.2. The molecule has 0 spiro atoms. The maximum Gasteiger partial charge on any atom is 0.251 e. The molecule has 1 aromatic carbocycles. The maximum atomic E-state index is 13.2. The summed E-state index contributed by atoms with van der Waals surface area (Å²) in [7, 11) is -2.46. The van der Waals surface area contributed by atoms with Gasteiger partial charge < -0.3 is 15.1 Å². The van der Waals surface area contributed by atoms with E-state index in [9.17, 15) is 27.2 Å². The molecule has 10 nitrogen and oxygen atoms in total. The Bertz CT molecular complexity index is 1390. The number of benzene rings is 1. The van der Waals surface area contributed by atoms with Gasteiger partial charge in [0, 0.05) is 42.5 Å². The lowest BCUT2D eigenvalue weighted by Gasteiger charge is -2.35. The van der Waals surface area contributed by atoms with Gasteiger partial charge in [-0.15, -0.1) is 15.8 Å². The van der Waals surface area contributed by atoms with Gasteiger partial charge in [0.15, 0.2) is 0 Å². The van der Waals surface area contributed by atoms with Gasteiger partial charge in [0.2, 0.25) is 21.8 Å². The average Bonchev–Trinajstić information content (AvgIpc) is 3.36. The van der Waals surface area contributed by atoms with Crippen molar-refractivity contribution in [2.75, 3.05) is 33.2 Å². The van der Waals surface area contributed by atoms with E-state index in [4.69, 9.17) is 29.0 Å². The Kier molecular flexibility index (Phi) is 12.1. The van der Waals surface area contributed by atoms with Crippen LogP contribution in [-0.4, -0.2) is 79.6 Å². The number of hydrazine groups is 1. The van der Waals surface area contributed by atoms with Crippen LogP contribution < -0.4 is 11.2 Å². The second-order valence-corrected chi connectivity index (χ2v) is 13.4. The molecular formula is C26H32Cl2FN5O5S2. The number of nitrogens with one attached hydrogen (secondary N) is 1. The number of likely N-dealkylation sites (N-methyl/N-ethyl adjacent to an activating group) is 1. The highest BCUT2D eigenvalue weighted by Crippen LogP contribution is 2.24. The van der Waals surface area contributed by atoms with Gasteiger partial charge in [0.1, 0.15) is 11.9 Å². The van der Waals surface area contributed by atoms with Crippen molar-refractivity contribution in [2.24, 2.45) is 5.84 Å². The molecule has 3 rings (SSSR count). The Morgan fingerprint density at radius 1 is 1.22 bits per heavy atom. The highest BCUT2D eigenvalue weighted by molar-refractivity contribution is 7.92. The van der Waals surface area contributed by atoms with E-state index in [0.717, 1.165) is 17.9 Å². The summed E-state index contributed by atoms with van der Waals surface area (Å²) in [6.07, 6.45) is 4.19. The van der Waals surface area contributed by atoms with E-state index in [1.807, 2.05) is 0 Å². The predicted molar refractivity (Wildman–Crippen MR) is 158 cm³/mol. The third-order valence-electron chi connectivity index (χ3n) is 6.49. The van der Waals surface area contributed by atoms with Crippen molar-refractivity contribution in [1.29, 1.82) is 0 Å². The van der Waals surface area contributed by atoms with Crippen molar-refractivity contribution in [3.63, 3.8) is 0 Å². The van der Waals surface area contributed by atoms with Crippen molar-refractivity contribution in [3.05, 3.63) is 61.4 Å². The van der Waals surface area contributed by atoms with E-state index >= 15 is 0 Å². The summed E-state index contributed by atoms with van der Waals surface area (Å²) < 4.78 is 39.8. The van der Waals surface area contributed by atoms with E-state index in [-0.39, 0.29) is 35.4 Å². The smallest absolute Gasteiger partial charge is 0.251 e. The van der Waals surface area contributed by atoms with Crippen LogP contribution in [0.25, 0.3) is 6.08 Å².